The molecule has 6 heteroatoms. The zero-order valence-corrected chi connectivity index (χ0v) is 10.8. The lowest BCUT2D eigenvalue weighted by Crippen LogP contribution is -2.04. The average Bonchev–Trinajstić information content (AvgIpc) is 2.48. The number of aromatic nitrogens is 2. The summed E-state index contributed by atoms with van der Waals surface area (Å²) in [5, 5.41) is 7.49. The van der Waals surface area contributed by atoms with Crippen molar-refractivity contribution in [3.8, 4) is 0 Å². The first-order valence-electron chi connectivity index (χ1n) is 4.84. The average molecular weight is 255 g/mol. The molecule has 4 nitrogen and oxygen atoms in total. The molecule has 1 heterocycles. The Balaban J connectivity index is 0. The van der Waals surface area contributed by atoms with Gasteiger partial charge in [0.2, 0.25) is 0 Å². The second kappa shape index (κ2) is 8.68. The van der Waals surface area contributed by atoms with Gasteiger partial charge in [0, 0.05) is 13.1 Å². The van der Waals surface area contributed by atoms with Crippen LogP contribution in [0, 0.1) is 0 Å². The Morgan fingerprint density at radius 2 is 2.07 bits per heavy atom. The lowest BCUT2D eigenvalue weighted by molar-refractivity contribution is 0.660. The fraction of sp³-hybridized carbons (Fsp3) is 0.667. The molecule has 0 aliphatic rings. The molecule has 0 amide bonds. The van der Waals surface area contributed by atoms with Gasteiger partial charge < -0.3 is 11.1 Å². The highest BCUT2D eigenvalue weighted by Gasteiger charge is 2.02. The number of nitrogen functional groups attached to an aromatic ring is 1. The van der Waals surface area contributed by atoms with E-state index in [1.807, 2.05) is 17.8 Å². The quantitative estimate of drug-likeness (QED) is 0.795. The molecule has 0 radical (unpaired) electrons. The molecule has 0 bridgehead atoms. The van der Waals surface area contributed by atoms with Gasteiger partial charge in [-0.1, -0.05) is 13.3 Å². The molecule has 0 saturated heterocycles. The minimum absolute atomic E-state index is 0. The number of nitrogens with one attached hydrogen (secondary N) is 1. The molecule has 0 aromatic carbocycles. The standard InChI is InChI=1S/C9H18N4.2ClH/c1-3-5-6-11-9-8(10)7-13(4-2)12-9;;/h7H,3-6,10H2,1-2H3,(H,11,12);2*1H. The molecule has 0 unspecified atom stereocenters. The number of unbranched alkanes of at least 4 members (excludes halogenated alkanes) is 1. The Hall–Kier alpha value is -0.610. The summed E-state index contributed by atoms with van der Waals surface area (Å²) >= 11 is 0. The zero-order chi connectivity index (χ0) is 9.68. The number of aryl methyl sites for hydroxylation is 1. The zero-order valence-electron chi connectivity index (χ0n) is 9.19. The third-order valence-electron chi connectivity index (χ3n) is 1.94. The first-order chi connectivity index (χ1) is 6.27. The predicted molar refractivity (Wildman–Crippen MR) is 70.2 cm³/mol. The Morgan fingerprint density at radius 3 is 2.53 bits per heavy atom. The molecular weight excluding hydrogens is 235 g/mol. The fourth-order valence-corrected chi connectivity index (χ4v) is 1.12. The lowest BCUT2D eigenvalue weighted by Gasteiger charge is -2.01. The number of hydrogen-bond acceptors (Lipinski definition) is 3. The number of nitrogens with two attached hydrogens (primary N) is 1. The van der Waals surface area contributed by atoms with Crippen LogP contribution < -0.4 is 11.1 Å². The summed E-state index contributed by atoms with van der Waals surface area (Å²) in [6.07, 6.45) is 4.19. The van der Waals surface area contributed by atoms with E-state index in [1.165, 1.54) is 6.42 Å². The van der Waals surface area contributed by atoms with E-state index in [-0.39, 0.29) is 24.8 Å². The molecule has 0 saturated carbocycles. The molecule has 1 aromatic heterocycles. The molecule has 3 N–H and O–H groups in total. The van der Waals surface area contributed by atoms with E-state index in [1.54, 1.807) is 0 Å². The van der Waals surface area contributed by atoms with Gasteiger partial charge in [-0.15, -0.1) is 24.8 Å². The number of nitrogens with zero attached hydrogens (tertiary/aromatic N) is 2. The summed E-state index contributed by atoms with van der Waals surface area (Å²) in [7, 11) is 0. The summed E-state index contributed by atoms with van der Waals surface area (Å²) in [4.78, 5) is 0. The molecular formula is C9H20Cl2N4. The number of rotatable bonds is 5. The Morgan fingerprint density at radius 1 is 1.40 bits per heavy atom. The minimum atomic E-state index is 0. The largest absolute Gasteiger partial charge is 0.394 e. The van der Waals surface area contributed by atoms with Crippen LogP contribution >= 0.6 is 24.8 Å². The summed E-state index contributed by atoms with van der Waals surface area (Å²) < 4.78 is 1.84. The molecule has 0 aliphatic carbocycles. The summed E-state index contributed by atoms with van der Waals surface area (Å²) in [5.41, 5.74) is 6.49. The maximum Gasteiger partial charge on any atom is 0.171 e. The van der Waals surface area contributed by atoms with Crippen molar-refractivity contribution in [3.05, 3.63) is 6.20 Å². The van der Waals surface area contributed by atoms with Gasteiger partial charge in [0.15, 0.2) is 5.82 Å². The van der Waals surface area contributed by atoms with E-state index in [9.17, 15) is 0 Å². The van der Waals surface area contributed by atoms with Crippen molar-refractivity contribution < 1.29 is 0 Å². The van der Waals surface area contributed by atoms with Crippen LogP contribution in [0.4, 0.5) is 11.5 Å². The van der Waals surface area contributed by atoms with E-state index in [0.717, 1.165) is 31.0 Å². The highest BCUT2D eigenvalue weighted by Crippen LogP contribution is 2.14. The smallest absolute Gasteiger partial charge is 0.171 e. The summed E-state index contributed by atoms with van der Waals surface area (Å²) in [5.74, 6) is 0.815. The molecule has 90 valence electrons. The second-order valence-electron chi connectivity index (χ2n) is 3.07. The monoisotopic (exact) mass is 254 g/mol. The van der Waals surface area contributed by atoms with Gasteiger partial charge in [0.1, 0.15) is 0 Å². The lowest BCUT2D eigenvalue weighted by atomic mass is 10.3. The topological polar surface area (TPSA) is 55.9 Å². The second-order valence-corrected chi connectivity index (χ2v) is 3.07. The highest BCUT2D eigenvalue weighted by molar-refractivity contribution is 5.85. The van der Waals surface area contributed by atoms with Crippen molar-refractivity contribution >= 4 is 36.3 Å². The van der Waals surface area contributed by atoms with Gasteiger partial charge in [-0.3, -0.25) is 4.68 Å². The van der Waals surface area contributed by atoms with Crippen molar-refractivity contribution in [3.63, 3.8) is 0 Å². The normalized spacial score (nSPS) is 8.93. The van der Waals surface area contributed by atoms with Gasteiger partial charge >= 0.3 is 0 Å². The van der Waals surface area contributed by atoms with E-state index < -0.39 is 0 Å². The van der Waals surface area contributed by atoms with Crippen molar-refractivity contribution in [1.82, 2.24) is 9.78 Å². The third-order valence-corrected chi connectivity index (χ3v) is 1.94. The van der Waals surface area contributed by atoms with E-state index >= 15 is 0 Å². The van der Waals surface area contributed by atoms with Crippen LogP contribution in [0.1, 0.15) is 26.7 Å². The summed E-state index contributed by atoms with van der Waals surface area (Å²) in [6, 6.07) is 0. The third kappa shape index (κ3) is 5.14. The maximum absolute atomic E-state index is 5.75. The van der Waals surface area contributed by atoms with Crippen molar-refractivity contribution in [1.29, 1.82) is 0 Å². The van der Waals surface area contributed by atoms with Crippen LogP contribution in [0.2, 0.25) is 0 Å². The van der Waals surface area contributed by atoms with Gasteiger partial charge in [-0.2, -0.15) is 5.10 Å². The molecule has 0 spiro atoms. The molecule has 0 atom stereocenters. The Bertz CT molecular complexity index is 263. The van der Waals surface area contributed by atoms with Gasteiger partial charge in [0.05, 0.1) is 11.9 Å². The SMILES string of the molecule is CCCCNc1nn(CC)cc1N.Cl.Cl. The maximum atomic E-state index is 5.75. The predicted octanol–water partition coefficient (Wildman–Crippen LogP) is 2.54. The van der Waals surface area contributed by atoms with Crippen molar-refractivity contribution in [2.75, 3.05) is 17.6 Å². The van der Waals surface area contributed by atoms with Gasteiger partial charge in [-0.25, -0.2) is 0 Å². The van der Waals surface area contributed by atoms with Gasteiger partial charge in [-0.05, 0) is 13.3 Å². The fourth-order valence-electron chi connectivity index (χ4n) is 1.12. The van der Waals surface area contributed by atoms with E-state index in [4.69, 9.17) is 5.73 Å². The molecule has 15 heavy (non-hydrogen) atoms. The van der Waals surface area contributed by atoms with Crippen molar-refractivity contribution in [2.45, 2.75) is 33.2 Å². The van der Waals surface area contributed by atoms with E-state index in [0.29, 0.717) is 0 Å². The molecule has 0 fully saturated rings. The van der Waals surface area contributed by atoms with Crippen LogP contribution in [0.15, 0.2) is 6.20 Å². The van der Waals surface area contributed by atoms with Gasteiger partial charge in [0.25, 0.3) is 0 Å². The van der Waals surface area contributed by atoms with Crippen LogP contribution in [0.3, 0.4) is 0 Å². The van der Waals surface area contributed by atoms with E-state index in [2.05, 4.69) is 17.3 Å². The Kier molecular flexibility index (Phi) is 9.72. The molecule has 1 aromatic rings. The first-order valence-corrected chi connectivity index (χ1v) is 4.84. The first kappa shape index (κ1) is 16.8. The van der Waals surface area contributed by atoms with Crippen LogP contribution in [0.25, 0.3) is 0 Å². The number of anilines is 2. The van der Waals surface area contributed by atoms with Crippen LogP contribution in [-0.4, -0.2) is 16.3 Å². The number of hydrogen-bond donors (Lipinski definition) is 2. The van der Waals surface area contributed by atoms with Crippen molar-refractivity contribution in [2.24, 2.45) is 0 Å². The van der Waals surface area contributed by atoms with Crippen LogP contribution in [0.5, 0.6) is 0 Å². The highest BCUT2D eigenvalue weighted by atomic mass is 35.5. The Labute approximate surface area is 103 Å². The number of halogens is 2. The minimum Gasteiger partial charge on any atom is -0.394 e. The molecule has 0 aliphatic heterocycles. The summed E-state index contributed by atoms with van der Waals surface area (Å²) in [6.45, 7) is 6.01. The van der Waals surface area contributed by atoms with Crippen LogP contribution in [-0.2, 0) is 6.54 Å². The molecule has 1 rings (SSSR count).